The number of carbonyl (C=O) groups is 1. The summed E-state index contributed by atoms with van der Waals surface area (Å²) in [5, 5.41) is 3.83. The number of carbonyl (C=O) groups excluding carboxylic acids is 1. The molecule has 0 aliphatic carbocycles. The molecule has 0 radical (unpaired) electrons. The number of hydrogen-bond acceptors (Lipinski definition) is 1. The van der Waals surface area contributed by atoms with Crippen LogP contribution in [0, 0.1) is 0 Å². The van der Waals surface area contributed by atoms with E-state index < -0.39 is 0 Å². The number of hydrogen-bond donors (Lipinski definition) is 1. The third-order valence-corrected chi connectivity index (χ3v) is 5.05. The van der Waals surface area contributed by atoms with E-state index in [0.717, 1.165) is 37.3 Å². The number of amides is 2. The van der Waals surface area contributed by atoms with Crippen molar-refractivity contribution in [3.8, 4) is 0 Å². The van der Waals surface area contributed by atoms with E-state index >= 15 is 0 Å². The van der Waals surface area contributed by atoms with E-state index in [1.54, 1.807) is 0 Å². The van der Waals surface area contributed by atoms with Gasteiger partial charge in [-0.15, -0.1) is 0 Å². The molecule has 3 rings (SSSR count). The summed E-state index contributed by atoms with van der Waals surface area (Å²) in [4.78, 5) is 14.8. The predicted molar refractivity (Wildman–Crippen MR) is 103 cm³/mol. The van der Waals surface area contributed by atoms with E-state index in [4.69, 9.17) is 11.6 Å². The van der Waals surface area contributed by atoms with Crippen LogP contribution in [-0.4, -0.2) is 24.0 Å². The van der Waals surface area contributed by atoms with Crippen LogP contribution in [-0.2, 0) is 6.42 Å². The predicted octanol–water partition coefficient (Wildman–Crippen LogP) is 5.21. The van der Waals surface area contributed by atoms with Gasteiger partial charge in [0.05, 0.1) is 6.04 Å². The standard InChI is InChI=1S/C21H25ClN2O/c22-19-12-10-18(11-13-19)20-9-5-2-6-16-24(20)21(25)23-15-14-17-7-3-1-4-8-17/h1,3-4,7-8,10-13,20H,2,5-6,9,14-16H2,(H,23,25)/t20-/m1/s1. The van der Waals surface area contributed by atoms with E-state index in [-0.39, 0.29) is 12.1 Å². The Hall–Kier alpha value is -2.00. The van der Waals surface area contributed by atoms with Gasteiger partial charge in [0, 0.05) is 18.1 Å². The molecule has 3 nitrogen and oxygen atoms in total. The Bertz CT molecular complexity index is 672. The van der Waals surface area contributed by atoms with Crippen LogP contribution in [0.2, 0.25) is 5.02 Å². The third kappa shape index (κ3) is 4.99. The Morgan fingerprint density at radius 2 is 1.80 bits per heavy atom. The van der Waals surface area contributed by atoms with Crippen LogP contribution in [0.25, 0.3) is 0 Å². The molecule has 2 amide bonds. The van der Waals surface area contributed by atoms with Gasteiger partial charge in [-0.25, -0.2) is 4.79 Å². The highest BCUT2D eigenvalue weighted by atomic mass is 35.5. The van der Waals surface area contributed by atoms with E-state index in [2.05, 4.69) is 17.4 Å². The van der Waals surface area contributed by atoms with Crippen LogP contribution in [0.15, 0.2) is 54.6 Å². The second-order valence-electron chi connectivity index (χ2n) is 6.58. The van der Waals surface area contributed by atoms with Crippen molar-refractivity contribution in [3.05, 3.63) is 70.7 Å². The second-order valence-corrected chi connectivity index (χ2v) is 7.01. The quantitative estimate of drug-likeness (QED) is 0.801. The van der Waals surface area contributed by atoms with Crippen LogP contribution in [0.1, 0.15) is 42.9 Å². The normalized spacial score (nSPS) is 17.8. The Morgan fingerprint density at radius 3 is 2.56 bits per heavy atom. The first-order chi connectivity index (χ1) is 12.2. The molecule has 1 atom stereocenters. The summed E-state index contributed by atoms with van der Waals surface area (Å²) in [6, 6.07) is 18.3. The number of urea groups is 1. The summed E-state index contributed by atoms with van der Waals surface area (Å²) in [7, 11) is 0. The van der Waals surface area contributed by atoms with E-state index in [0.29, 0.717) is 6.54 Å². The SMILES string of the molecule is O=C(NCCc1ccccc1)N1CCCCC[C@@H]1c1ccc(Cl)cc1. The number of nitrogens with one attached hydrogen (secondary N) is 1. The maximum Gasteiger partial charge on any atom is 0.317 e. The molecule has 2 aromatic rings. The van der Waals surface area contributed by atoms with Gasteiger partial charge in [-0.2, -0.15) is 0 Å². The Labute approximate surface area is 155 Å². The summed E-state index contributed by atoms with van der Waals surface area (Å²) in [6.07, 6.45) is 5.26. The highest BCUT2D eigenvalue weighted by Gasteiger charge is 2.26. The zero-order valence-corrected chi connectivity index (χ0v) is 15.2. The van der Waals surface area contributed by atoms with Gasteiger partial charge in [0.2, 0.25) is 0 Å². The Kier molecular flexibility index (Phi) is 6.35. The summed E-state index contributed by atoms with van der Waals surface area (Å²) in [5.41, 5.74) is 2.41. The van der Waals surface area contributed by atoms with Crippen molar-refractivity contribution < 1.29 is 4.79 Å². The Balaban J connectivity index is 1.63. The smallest absolute Gasteiger partial charge is 0.317 e. The number of nitrogens with zero attached hydrogens (tertiary/aromatic N) is 1. The van der Waals surface area contributed by atoms with Crippen molar-refractivity contribution >= 4 is 17.6 Å². The highest BCUT2D eigenvalue weighted by molar-refractivity contribution is 6.30. The maximum absolute atomic E-state index is 12.8. The first-order valence-electron chi connectivity index (χ1n) is 9.08. The summed E-state index contributed by atoms with van der Waals surface area (Å²) >= 11 is 6.02. The van der Waals surface area contributed by atoms with Gasteiger partial charge in [0.1, 0.15) is 0 Å². The van der Waals surface area contributed by atoms with Crippen molar-refractivity contribution in [1.82, 2.24) is 10.2 Å². The Morgan fingerprint density at radius 1 is 1.04 bits per heavy atom. The van der Waals surface area contributed by atoms with E-state index in [1.807, 2.05) is 47.4 Å². The first-order valence-corrected chi connectivity index (χ1v) is 9.46. The number of rotatable bonds is 4. The molecule has 25 heavy (non-hydrogen) atoms. The first kappa shape index (κ1) is 17.8. The minimum Gasteiger partial charge on any atom is -0.338 e. The summed E-state index contributed by atoms with van der Waals surface area (Å²) in [6.45, 7) is 1.47. The maximum atomic E-state index is 12.8. The lowest BCUT2D eigenvalue weighted by Crippen LogP contribution is -2.42. The zero-order chi connectivity index (χ0) is 17.5. The molecule has 132 valence electrons. The molecule has 0 saturated carbocycles. The molecule has 4 heteroatoms. The van der Waals surface area contributed by atoms with Gasteiger partial charge >= 0.3 is 6.03 Å². The molecule has 2 aromatic carbocycles. The number of halogens is 1. The van der Waals surface area contributed by atoms with Crippen molar-refractivity contribution in [2.24, 2.45) is 0 Å². The monoisotopic (exact) mass is 356 g/mol. The zero-order valence-electron chi connectivity index (χ0n) is 14.5. The van der Waals surface area contributed by atoms with Crippen LogP contribution in [0.5, 0.6) is 0 Å². The average molecular weight is 357 g/mol. The lowest BCUT2D eigenvalue weighted by atomic mass is 10.0. The van der Waals surface area contributed by atoms with Crippen LogP contribution < -0.4 is 5.32 Å². The van der Waals surface area contributed by atoms with Gasteiger partial charge in [0.25, 0.3) is 0 Å². The molecule has 0 unspecified atom stereocenters. The fraction of sp³-hybridized carbons (Fsp3) is 0.381. The second kappa shape index (κ2) is 8.91. The molecule has 1 saturated heterocycles. The van der Waals surface area contributed by atoms with E-state index in [1.165, 1.54) is 17.5 Å². The van der Waals surface area contributed by atoms with Gasteiger partial charge < -0.3 is 10.2 Å². The molecular formula is C21H25ClN2O. The van der Waals surface area contributed by atoms with Crippen molar-refractivity contribution in [2.45, 2.75) is 38.1 Å². The lowest BCUT2D eigenvalue weighted by molar-refractivity contribution is 0.176. The van der Waals surface area contributed by atoms with Crippen LogP contribution >= 0.6 is 11.6 Å². The minimum atomic E-state index is 0.0396. The fourth-order valence-corrected chi connectivity index (χ4v) is 3.57. The molecule has 1 aliphatic rings. The fourth-order valence-electron chi connectivity index (χ4n) is 3.44. The molecular weight excluding hydrogens is 332 g/mol. The van der Waals surface area contributed by atoms with Gasteiger partial charge in [0.15, 0.2) is 0 Å². The van der Waals surface area contributed by atoms with Crippen molar-refractivity contribution in [2.75, 3.05) is 13.1 Å². The highest BCUT2D eigenvalue weighted by Crippen LogP contribution is 2.30. The largest absolute Gasteiger partial charge is 0.338 e. The van der Waals surface area contributed by atoms with Crippen molar-refractivity contribution in [3.63, 3.8) is 0 Å². The summed E-state index contributed by atoms with van der Waals surface area (Å²) < 4.78 is 0. The summed E-state index contributed by atoms with van der Waals surface area (Å²) in [5.74, 6) is 0. The topological polar surface area (TPSA) is 32.3 Å². The van der Waals surface area contributed by atoms with Gasteiger partial charge in [-0.1, -0.05) is 66.9 Å². The van der Waals surface area contributed by atoms with Crippen molar-refractivity contribution in [1.29, 1.82) is 0 Å². The molecule has 0 bridgehead atoms. The van der Waals surface area contributed by atoms with Gasteiger partial charge in [-0.3, -0.25) is 0 Å². The van der Waals surface area contributed by atoms with Crippen LogP contribution in [0.4, 0.5) is 4.79 Å². The molecule has 0 spiro atoms. The molecule has 1 fully saturated rings. The van der Waals surface area contributed by atoms with Gasteiger partial charge in [-0.05, 0) is 42.5 Å². The average Bonchev–Trinajstić information content (AvgIpc) is 2.89. The molecule has 0 aromatic heterocycles. The minimum absolute atomic E-state index is 0.0396. The number of benzene rings is 2. The third-order valence-electron chi connectivity index (χ3n) is 4.80. The molecule has 1 N–H and O–H groups in total. The number of likely N-dealkylation sites (tertiary alicyclic amines) is 1. The lowest BCUT2D eigenvalue weighted by Gasteiger charge is -2.30. The van der Waals surface area contributed by atoms with Crippen LogP contribution in [0.3, 0.4) is 0 Å². The molecule has 1 aliphatic heterocycles. The van der Waals surface area contributed by atoms with E-state index in [9.17, 15) is 4.79 Å². The molecule has 1 heterocycles.